The first-order chi connectivity index (χ1) is 13.3. The molecule has 0 saturated carbocycles. The molecule has 0 unspecified atom stereocenters. The summed E-state index contributed by atoms with van der Waals surface area (Å²) in [5.41, 5.74) is -0.0304. The topological polar surface area (TPSA) is 47.6 Å². The average molecular weight is 386 g/mol. The Kier molecular flexibility index (Phi) is 7.88. The molecule has 0 aliphatic heterocycles. The van der Waals surface area contributed by atoms with E-state index < -0.39 is 5.60 Å². The molecule has 0 aromatic heterocycles. The number of anilines is 1. The van der Waals surface area contributed by atoms with Crippen LogP contribution in [0.2, 0.25) is 0 Å². The van der Waals surface area contributed by atoms with E-state index in [-0.39, 0.29) is 5.91 Å². The number of amides is 1. The van der Waals surface area contributed by atoms with Gasteiger partial charge in [0.1, 0.15) is 11.4 Å². The lowest BCUT2D eigenvalue weighted by molar-refractivity contribution is -0.146. The molecule has 2 aromatic carbocycles. The lowest BCUT2D eigenvalue weighted by atomic mass is 9.83. The largest absolute Gasteiger partial charge is 0.493 e. The van der Waals surface area contributed by atoms with E-state index in [1.165, 1.54) is 0 Å². The van der Waals surface area contributed by atoms with Gasteiger partial charge in [-0.15, -0.1) is 0 Å². The maximum Gasteiger partial charge on any atom is 0.256 e. The molecule has 0 radical (unpaired) electrons. The molecule has 2 aromatic rings. The second-order valence-electron chi connectivity index (χ2n) is 8.17. The zero-order valence-corrected chi connectivity index (χ0v) is 18.2. The molecule has 0 bridgehead atoms. The zero-order chi connectivity index (χ0) is 20.7. The maximum absolute atomic E-state index is 13.5. The van der Waals surface area contributed by atoms with Crippen molar-refractivity contribution in [2.75, 3.05) is 18.5 Å². The number of carbonyl (C=O) groups is 1. The highest BCUT2D eigenvalue weighted by Gasteiger charge is 2.40. The van der Waals surface area contributed by atoms with Crippen LogP contribution >= 0.6 is 0 Å². The smallest absolute Gasteiger partial charge is 0.256 e. The number of nitrogens with one attached hydrogen (secondary N) is 1. The van der Waals surface area contributed by atoms with Gasteiger partial charge in [0.05, 0.1) is 6.61 Å². The third-order valence-corrected chi connectivity index (χ3v) is 4.74. The van der Waals surface area contributed by atoms with Gasteiger partial charge in [-0.1, -0.05) is 52.0 Å². The molecule has 0 atom stereocenters. The minimum Gasteiger partial charge on any atom is -0.493 e. The minimum absolute atomic E-state index is 0.0638. The van der Waals surface area contributed by atoms with E-state index in [2.05, 4.69) is 33.0 Å². The minimum atomic E-state index is -0.823. The van der Waals surface area contributed by atoms with Crippen LogP contribution in [0.15, 0.2) is 36.4 Å². The highest BCUT2D eigenvalue weighted by molar-refractivity contribution is 6.06. The fourth-order valence-electron chi connectivity index (χ4n) is 3.95. The van der Waals surface area contributed by atoms with Gasteiger partial charge in [0, 0.05) is 23.1 Å². The van der Waals surface area contributed by atoms with Gasteiger partial charge in [-0.05, 0) is 50.7 Å². The third kappa shape index (κ3) is 5.26. The van der Waals surface area contributed by atoms with Gasteiger partial charge in [0.2, 0.25) is 0 Å². The molecule has 2 rings (SSSR count). The van der Waals surface area contributed by atoms with Crippen molar-refractivity contribution in [1.29, 1.82) is 0 Å². The highest BCUT2D eigenvalue weighted by atomic mass is 16.5. The van der Waals surface area contributed by atoms with Crippen LogP contribution in [0, 0.1) is 11.8 Å². The van der Waals surface area contributed by atoms with Crippen LogP contribution in [0.3, 0.4) is 0 Å². The van der Waals surface area contributed by atoms with Crippen molar-refractivity contribution in [2.45, 2.75) is 60.0 Å². The highest BCUT2D eigenvalue weighted by Crippen LogP contribution is 2.35. The van der Waals surface area contributed by atoms with Crippen molar-refractivity contribution in [3.05, 3.63) is 36.4 Å². The second kappa shape index (κ2) is 9.92. The lowest BCUT2D eigenvalue weighted by Crippen LogP contribution is -2.47. The summed E-state index contributed by atoms with van der Waals surface area (Å²) < 4.78 is 11.9. The van der Waals surface area contributed by atoms with Crippen LogP contribution in [-0.2, 0) is 9.53 Å². The first-order valence-electron chi connectivity index (χ1n) is 10.4. The van der Waals surface area contributed by atoms with E-state index >= 15 is 0 Å². The van der Waals surface area contributed by atoms with E-state index in [0.717, 1.165) is 22.2 Å². The zero-order valence-electron chi connectivity index (χ0n) is 18.2. The standard InChI is InChI=1S/C24H35NO3/c1-7-27-22-14-13-21(19-11-9-10-12-20(19)22)25-23(26)24(28-8-2,15-17(3)4)16-18(5)6/h9-14,17-18H,7-8,15-16H2,1-6H3,(H,25,26). The number of carbonyl (C=O) groups excluding carboxylic acids is 1. The Morgan fingerprint density at radius 1 is 0.929 bits per heavy atom. The van der Waals surface area contributed by atoms with Crippen LogP contribution in [0.25, 0.3) is 10.8 Å². The molecule has 0 aliphatic rings. The summed E-state index contributed by atoms with van der Waals surface area (Å²) in [7, 11) is 0. The Morgan fingerprint density at radius 3 is 2.07 bits per heavy atom. The van der Waals surface area contributed by atoms with Crippen molar-refractivity contribution in [3.63, 3.8) is 0 Å². The Morgan fingerprint density at radius 2 is 1.54 bits per heavy atom. The molecular formula is C24H35NO3. The van der Waals surface area contributed by atoms with E-state index in [1.807, 2.05) is 50.2 Å². The van der Waals surface area contributed by atoms with Crippen molar-refractivity contribution < 1.29 is 14.3 Å². The average Bonchev–Trinajstić information content (AvgIpc) is 2.63. The summed E-state index contributed by atoms with van der Waals surface area (Å²) in [5, 5.41) is 5.14. The summed E-state index contributed by atoms with van der Waals surface area (Å²) in [6, 6.07) is 11.8. The molecule has 1 N–H and O–H groups in total. The summed E-state index contributed by atoms with van der Waals surface area (Å²) >= 11 is 0. The molecule has 4 nitrogen and oxygen atoms in total. The Labute approximate surface area is 169 Å². The molecular weight excluding hydrogens is 350 g/mol. The van der Waals surface area contributed by atoms with Crippen LogP contribution in [-0.4, -0.2) is 24.7 Å². The van der Waals surface area contributed by atoms with E-state index in [0.29, 0.717) is 37.9 Å². The quantitative estimate of drug-likeness (QED) is 0.542. The Hall–Kier alpha value is -2.07. The van der Waals surface area contributed by atoms with Gasteiger partial charge in [-0.3, -0.25) is 4.79 Å². The number of hydrogen-bond acceptors (Lipinski definition) is 3. The molecule has 1 amide bonds. The Balaban J connectivity index is 2.43. The van der Waals surface area contributed by atoms with E-state index in [1.54, 1.807) is 0 Å². The van der Waals surface area contributed by atoms with Gasteiger partial charge in [-0.25, -0.2) is 0 Å². The monoisotopic (exact) mass is 385 g/mol. The van der Waals surface area contributed by atoms with Crippen molar-refractivity contribution >= 4 is 22.4 Å². The van der Waals surface area contributed by atoms with Crippen LogP contribution in [0.4, 0.5) is 5.69 Å². The first kappa shape index (κ1) is 22.2. The molecule has 0 saturated heterocycles. The van der Waals surface area contributed by atoms with Gasteiger partial charge in [-0.2, -0.15) is 0 Å². The molecule has 4 heteroatoms. The SMILES string of the molecule is CCOc1ccc(NC(=O)C(CC(C)C)(CC(C)C)OCC)c2ccccc12. The fraction of sp³-hybridized carbons (Fsp3) is 0.542. The number of ether oxygens (including phenoxy) is 2. The number of fused-ring (bicyclic) bond motifs is 1. The number of hydrogen-bond donors (Lipinski definition) is 1. The molecule has 154 valence electrons. The molecule has 0 aliphatic carbocycles. The van der Waals surface area contributed by atoms with Crippen molar-refractivity contribution in [2.24, 2.45) is 11.8 Å². The number of rotatable bonds is 10. The number of benzene rings is 2. The van der Waals surface area contributed by atoms with Gasteiger partial charge < -0.3 is 14.8 Å². The summed E-state index contributed by atoms with van der Waals surface area (Å²) in [6.45, 7) is 13.6. The van der Waals surface area contributed by atoms with Gasteiger partial charge in [0.15, 0.2) is 0 Å². The summed E-state index contributed by atoms with van der Waals surface area (Å²) in [6.07, 6.45) is 1.39. The summed E-state index contributed by atoms with van der Waals surface area (Å²) in [4.78, 5) is 13.5. The van der Waals surface area contributed by atoms with E-state index in [4.69, 9.17) is 9.47 Å². The molecule has 28 heavy (non-hydrogen) atoms. The Bertz CT molecular complexity index is 773. The van der Waals surface area contributed by atoms with Gasteiger partial charge in [0.25, 0.3) is 5.91 Å². The predicted octanol–water partition coefficient (Wildman–Crippen LogP) is 6.04. The van der Waals surface area contributed by atoms with Gasteiger partial charge >= 0.3 is 0 Å². The molecule has 0 heterocycles. The molecule has 0 spiro atoms. The normalized spacial score (nSPS) is 12.0. The lowest BCUT2D eigenvalue weighted by Gasteiger charge is -2.35. The molecule has 0 fully saturated rings. The van der Waals surface area contributed by atoms with Crippen LogP contribution in [0.1, 0.15) is 54.4 Å². The third-order valence-electron chi connectivity index (χ3n) is 4.74. The van der Waals surface area contributed by atoms with Crippen molar-refractivity contribution in [3.8, 4) is 5.75 Å². The van der Waals surface area contributed by atoms with Crippen molar-refractivity contribution in [1.82, 2.24) is 0 Å². The van der Waals surface area contributed by atoms with Crippen LogP contribution in [0.5, 0.6) is 5.75 Å². The predicted molar refractivity (Wildman–Crippen MR) is 117 cm³/mol. The second-order valence-corrected chi connectivity index (χ2v) is 8.17. The van der Waals surface area contributed by atoms with E-state index in [9.17, 15) is 4.79 Å². The maximum atomic E-state index is 13.5. The van der Waals surface area contributed by atoms with Crippen LogP contribution < -0.4 is 10.1 Å². The summed E-state index contributed by atoms with van der Waals surface area (Å²) in [5.74, 6) is 1.48. The fourth-order valence-corrected chi connectivity index (χ4v) is 3.95. The first-order valence-corrected chi connectivity index (χ1v) is 10.4.